The fraction of sp³-hybridized carbons (Fsp3) is 0.0476. The Bertz CT molecular complexity index is 1700. The van der Waals surface area contributed by atoms with Gasteiger partial charge in [-0.05, 0) is 47.5 Å². The molecule has 0 amide bonds. The van der Waals surface area contributed by atoms with Crippen molar-refractivity contribution in [2.24, 2.45) is 0 Å². The van der Waals surface area contributed by atoms with Crippen molar-refractivity contribution in [2.45, 2.75) is 6.92 Å². The van der Waals surface area contributed by atoms with Crippen LogP contribution >= 0.6 is 0 Å². The lowest BCUT2D eigenvalue weighted by molar-refractivity contribution is 0.366. The van der Waals surface area contributed by atoms with Crippen molar-refractivity contribution in [3.63, 3.8) is 0 Å². The summed E-state index contributed by atoms with van der Waals surface area (Å²) >= 11 is 0. The zero-order chi connectivity index (χ0) is 27.5. The highest BCUT2D eigenvalue weighted by atomic mass is 19.5. The van der Waals surface area contributed by atoms with Gasteiger partial charge in [0, 0.05) is 35.0 Å². The van der Waals surface area contributed by atoms with Gasteiger partial charge >= 0.3 is 25.9 Å². The molecule has 0 bridgehead atoms. The van der Waals surface area contributed by atoms with Crippen molar-refractivity contribution in [1.29, 1.82) is 10.8 Å². The van der Waals surface area contributed by atoms with Crippen molar-refractivity contribution in [3.05, 3.63) is 70.1 Å². The van der Waals surface area contributed by atoms with E-state index in [4.69, 9.17) is 9.97 Å². The predicted molar refractivity (Wildman–Crippen MR) is 127 cm³/mol. The van der Waals surface area contributed by atoms with Crippen molar-refractivity contribution < 1.29 is 34.5 Å². The summed E-state index contributed by atoms with van der Waals surface area (Å²) in [5.74, 6) is 0. The molecule has 0 aliphatic heterocycles. The SMILES string of the molecule is Cc1ccc2nc3c4cc([N+]#N)ccc4c4ccc([N+]#N)cc4c3nc2c1.F[B-](F)(F)F.F[B-](F)(F)F. The van der Waals surface area contributed by atoms with Crippen LogP contribution < -0.4 is 0 Å². The molecule has 0 radical (unpaired) electrons. The predicted octanol–water partition coefficient (Wildman–Crippen LogP) is 8.97. The molecule has 1 heterocycles. The van der Waals surface area contributed by atoms with Crippen molar-refractivity contribution in [1.82, 2.24) is 9.97 Å². The van der Waals surface area contributed by atoms with Gasteiger partial charge in [0.05, 0.1) is 22.1 Å². The van der Waals surface area contributed by atoms with Crippen LogP contribution in [0.1, 0.15) is 5.56 Å². The summed E-state index contributed by atoms with van der Waals surface area (Å²) in [6.45, 7) is 2.02. The minimum absolute atomic E-state index is 0.455. The van der Waals surface area contributed by atoms with Gasteiger partial charge in [0.2, 0.25) is 10.8 Å². The van der Waals surface area contributed by atoms with Gasteiger partial charge in [0.15, 0.2) is 9.95 Å². The van der Waals surface area contributed by atoms with Gasteiger partial charge in [-0.15, -0.1) is 0 Å². The van der Waals surface area contributed by atoms with Crippen molar-refractivity contribution in [2.75, 3.05) is 0 Å². The number of fused-ring (bicyclic) bond motifs is 7. The van der Waals surface area contributed by atoms with E-state index in [0.717, 1.165) is 49.2 Å². The second-order valence-corrected chi connectivity index (χ2v) is 7.56. The Balaban J connectivity index is 0.000000327. The number of aryl methyl sites for hydroxylation is 1. The Morgan fingerprint density at radius 1 is 0.568 bits per heavy atom. The Hall–Kier alpha value is -4.59. The van der Waals surface area contributed by atoms with Gasteiger partial charge in [-0.1, -0.05) is 6.07 Å². The quantitative estimate of drug-likeness (QED) is 0.0669. The number of aromatic nitrogens is 2. The second-order valence-electron chi connectivity index (χ2n) is 7.56. The van der Waals surface area contributed by atoms with Crippen molar-refractivity contribution in [3.8, 4) is 0 Å². The molecule has 5 rings (SSSR count). The minimum Gasteiger partial charge on any atom is -0.418 e. The van der Waals surface area contributed by atoms with Crippen molar-refractivity contribution >= 4 is 69.5 Å². The molecule has 1 aromatic heterocycles. The average molecular weight is 522 g/mol. The summed E-state index contributed by atoms with van der Waals surface area (Å²) in [6.07, 6.45) is 0. The van der Waals surface area contributed by atoms with Gasteiger partial charge in [-0.3, -0.25) is 0 Å². The minimum atomic E-state index is -6.00. The van der Waals surface area contributed by atoms with Gasteiger partial charge in [0.25, 0.3) is 0 Å². The fourth-order valence-electron chi connectivity index (χ4n) is 3.59. The number of benzene rings is 4. The molecule has 0 saturated carbocycles. The van der Waals surface area contributed by atoms with E-state index in [1.807, 2.05) is 37.3 Å². The van der Waals surface area contributed by atoms with E-state index < -0.39 is 14.5 Å². The second kappa shape index (κ2) is 10.2. The van der Waals surface area contributed by atoms with Gasteiger partial charge in [0.1, 0.15) is 0 Å². The largest absolute Gasteiger partial charge is 0.673 e. The molecule has 4 aromatic carbocycles. The third-order valence-electron chi connectivity index (χ3n) is 4.86. The standard InChI is InChI=1S/C21H12N6.2BF4/c1-11-2-7-18-19(8-11)25-21-17-10-13(27-23)4-6-15(17)14-5-3-12(26-22)9-16(14)20(21)24-18;2*2-1(3,4)5/h2-10H,1H3;;/q+2;2*-1. The summed E-state index contributed by atoms with van der Waals surface area (Å²) in [5.41, 5.74) is 5.05. The van der Waals surface area contributed by atoms with E-state index in [1.165, 1.54) is 0 Å². The maximum Gasteiger partial charge on any atom is 0.673 e. The van der Waals surface area contributed by atoms with Crippen LogP contribution in [-0.2, 0) is 0 Å². The first-order chi connectivity index (χ1) is 17.2. The van der Waals surface area contributed by atoms with Crippen LogP contribution in [0.25, 0.3) is 53.6 Å². The summed E-state index contributed by atoms with van der Waals surface area (Å²) in [6, 6.07) is 16.9. The monoisotopic (exact) mass is 522 g/mol. The van der Waals surface area contributed by atoms with Crippen LogP contribution in [0.15, 0.2) is 54.6 Å². The van der Waals surface area contributed by atoms with Crippen LogP contribution in [-0.4, -0.2) is 24.5 Å². The fourth-order valence-corrected chi connectivity index (χ4v) is 3.59. The summed E-state index contributed by atoms with van der Waals surface area (Å²) < 4.78 is 78.0. The molecule has 188 valence electrons. The Labute approximate surface area is 202 Å². The molecule has 0 aliphatic rings. The zero-order valence-corrected chi connectivity index (χ0v) is 18.6. The van der Waals surface area contributed by atoms with E-state index in [0.29, 0.717) is 11.4 Å². The van der Waals surface area contributed by atoms with Crippen LogP contribution in [0.3, 0.4) is 0 Å². The Morgan fingerprint density at radius 3 is 1.38 bits per heavy atom. The number of halogens is 8. The molecule has 0 aliphatic carbocycles. The lowest BCUT2D eigenvalue weighted by Gasteiger charge is -2.09. The number of rotatable bonds is 0. The molecular weight excluding hydrogens is 510 g/mol. The van der Waals surface area contributed by atoms with E-state index in [-0.39, 0.29) is 0 Å². The van der Waals surface area contributed by atoms with Crippen LogP contribution in [0.2, 0.25) is 0 Å². The topological polar surface area (TPSA) is 82.1 Å². The van der Waals surface area contributed by atoms with Gasteiger partial charge in [-0.25, -0.2) is 9.97 Å². The normalized spacial score (nSPS) is 11.3. The molecule has 16 heteroatoms. The first-order valence-corrected chi connectivity index (χ1v) is 10.2. The molecule has 0 N–H and O–H groups in total. The molecule has 0 saturated heterocycles. The lowest BCUT2D eigenvalue weighted by Crippen LogP contribution is -2.02. The molecule has 0 fully saturated rings. The average Bonchev–Trinajstić information content (AvgIpc) is 2.80. The smallest absolute Gasteiger partial charge is 0.418 e. The maximum absolute atomic E-state index is 9.75. The molecule has 6 nitrogen and oxygen atoms in total. The Kier molecular flexibility index (Phi) is 7.43. The highest BCUT2D eigenvalue weighted by Crippen LogP contribution is 2.37. The third-order valence-corrected chi connectivity index (χ3v) is 4.86. The molecule has 37 heavy (non-hydrogen) atoms. The van der Waals surface area contributed by atoms with Crippen LogP contribution in [0, 0.1) is 17.7 Å². The van der Waals surface area contributed by atoms with E-state index in [9.17, 15) is 45.3 Å². The maximum atomic E-state index is 9.75. The first-order valence-electron chi connectivity index (χ1n) is 10.2. The zero-order valence-electron chi connectivity index (χ0n) is 18.6. The number of nitrogens with zero attached hydrogens (tertiary/aromatic N) is 6. The molecular formula is C21H12B2F8N6. The highest BCUT2D eigenvalue weighted by Gasteiger charge is 2.21. The van der Waals surface area contributed by atoms with Gasteiger partial charge in [-0.2, -0.15) is 0 Å². The van der Waals surface area contributed by atoms with E-state index in [1.54, 1.807) is 24.3 Å². The lowest BCUT2D eigenvalue weighted by atomic mass is 9.98. The Morgan fingerprint density at radius 2 is 0.973 bits per heavy atom. The van der Waals surface area contributed by atoms with E-state index >= 15 is 0 Å². The van der Waals surface area contributed by atoms with Crippen LogP contribution in [0.5, 0.6) is 0 Å². The number of hydrogen-bond acceptors (Lipinski definition) is 4. The molecule has 5 aromatic rings. The van der Waals surface area contributed by atoms with Crippen LogP contribution in [0.4, 0.5) is 45.9 Å². The van der Waals surface area contributed by atoms with Gasteiger partial charge < -0.3 is 34.5 Å². The number of diazo groups is 2. The molecule has 0 spiro atoms. The molecule has 0 atom stereocenters. The summed E-state index contributed by atoms with van der Waals surface area (Å²) in [4.78, 5) is 16.3. The highest BCUT2D eigenvalue weighted by molar-refractivity contribution is 6.50. The summed E-state index contributed by atoms with van der Waals surface area (Å²) in [5, 5.41) is 22.1. The molecule has 0 unspecified atom stereocenters. The first kappa shape index (κ1) is 27.0. The number of hydrogen-bond donors (Lipinski definition) is 0. The third kappa shape index (κ3) is 6.98. The summed E-state index contributed by atoms with van der Waals surface area (Å²) in [7, 11) is -12.0. The van der Waals surface area contributed by atoms with E-state index in [2.05, 4.69) is 9.95 Å².